The standard InChI is InChI=1S/C13H14F3NO2/c14-13(15,16)10-6-11(12(18)19)17(8-10)7-9-4-2-1-3-5-9/h1-5,10-11H,6-8H2,(H,18,19)/t10-,11+/m1/s1. The summed E-state index contributed by atoms with van der Waals surface area (Å²) in [5.41, 5.74) is 0.816. The summed E-state index contributed by atoms with van der Waals surface area (Å²) in [5, 5.41) is 9.04. The molecule has 0 aliphatic carbocycles. The second kappa shape index (κ2) is 5.21. The number of alkyl halides is 3. The van der Waals surface area contributed by atoms with Gasteiger partial charge >= 0.3 is 12.1 Å². The fourth-order valence-electron chi connectivity index (χ4n) is 2.39. The lowest BCUT2D eigenvalue weighted by Gasteiger charge is -2.21. The van der Waals surface area contributed by atoms with Crippen LogP contribution in [-0.2, 0) is 11.3 Å². The molecule has 1 saturated heterocycles. The van der Waals surface area contributed by atoms with Gasteiger partial charge in [0.2, 0.25) is 0 Å². The van der Waals surface area contributed by atoms with Gasteiger partial charge in [0, 0.05) is 13.1 Å². The topological polar surface area (TPSA) is 40.5 Å². The van der Waals surface area contributed by atoms with E-state index < -0.39 is 24.1 Å². The zero-order chi connectivity index (χ0) is 14.0. The van der Waals surface area contributed by atoms with E-state index in [1.807, 2.05) is 0 Å². The summed E-state index contributed by atoms with van der Waals surface area (Å²) in [5.74, 6) is -2.75. The molecule has 1 aliphatic heterocycles. The minimum atomic E-state index is -4.33. The first kappa shape index (κ1) is 13.9. The third kappa shape index (κ3) is 3.26. The monoisotopic (exact) mass is 273 g/mol. The van der Waals surface area contributed by atoms with Gasteiger partial charge in [0.15, 0.2) is 0 Å². The molecule has 1 heterocycles. The minimum absolute atomic E-state index is 0.227. The van der Waals surface area contributed by atoms with Crippen molar-refractivity contribution in [3.05, 3.63) is 35.9 Å². The highest BCUT2D eigenvalue weighted by atomic mass is 19.4. The molecule has 0 saturated carbocycles. The van der Waals surface area contributed by atoms with E-state index in [1.54, 1.807) is 30.3 Å². The molecule has 1 N–H and O–H groups in total. The number of hydrogen-bond acceptors (Lipinski definition) is 2. The summed E-state index contributed by atoms with van der Waals surface area (Å²) in [6.45, 7) is -0.0280. The van der Waals surface area contributed by atoms with Crippen LogP contribution in [0, 0.1) is 5.92 Å². The van der Waals surface area contributed by atoms with Crippen LogP contribution in [0.3, 0.4) is 0 Å². The lowest BCUT2D eigenvalue weighted by Crippen LogP contribution is -2.35. The van der Waals surface area contributed by atoms with Gasteiger partial charge in [-0.15, -0.1) is 0 Å². The quantitative estimate of drug-likeness (QED) is 0.920. The predicted octanol–water partition coefficient (Wildman–Crippen LogP) is 2.52. The molecular weight excluding hydrogens is 259 g/mol. The first-order valence-electron chi connectivity index (χ1n) is 5.95. The van der Waals surface area contributed by atoms with Crippen molar-refractivity contribution in [2.75, 3.05) is 6.54 Å². The number of nitrogens with zero attached hydrogens (tertiary/aromatic N) is 1. The van der Waals surface area contributed by atoms with Crippen molar-refractivity contribution in [1.82, 2.24) is 4.90 Å². The number of likely N-dealkylation sites (tertiary alicyclic amines) is 1. The molecule has 0 spiro atoms. The molecule has 1 fully saturated rings. The van der Waals surface area contributed by atoms with Crippen molar-refractivity contribution in [1.29, 1.82) is 0 Å². The molecule has 2 atom stereocenters. The van der Waals surface area contributed by atoms with Crippen LogP contribution < -0.4 is 0 Å². The largest absolute Gasteiger partial charge is 0.480 e. The van der Waals surface area contributed by atoms with E-state index >= 15 is 0 Å². The number of halogens is 3. The van der Waals surface area contributed by atoms with Crippen molar-refractivity contribution in [3.8, 4) is 0 Å². The van der Waals surface area contributed by atoms with Gasteiger partial charge in [0.1, 0.15) is 6.04 Å². The molecular formula is C13H14F3NO2. The fourth-order valence-corrected chi connectivity index (χ4v) is 2.39. The highest BCUT2D eigenvalue weighted by molar-refractivity contribution is 5.74. The van der Waals surface area contributed by atoms with E-state index in [-0.39, 0.29) is 19.5 Å². The fraction of sp³-hybridized carbons (Fsp3) is 0.462. The number of carbonyl (C=O) groups is 1. The van der Waals surface area contributed by atoms with E-state index in [9.17, 15) is 18.0 Å². The summed E-state index contributed by atoms with van der Waals surface area (Å²) < 4.78 is 38.1. The molecule has 6 heteroatoms. The van der Waals surface area contributed by atoms with Gasteiger partial charge in [-0.2, -0.15) is 13.2 Å². The zero-order valence-electron chi connectivity index (χ0n) is 10.1. The highest BCUT2D eigenvalue weighted by Gasteiger charge is 2.49. The number of rotatable bonds is 3. The third-order valence-electron chi connectivity index (χ3n) is 3.38. The Morgan fingerprint density at radius 3 is 2.47 bits per heavy atom. The Bertz CT molecular complexity index is 447. The zero-order valence-corrected chi connectivity index (χ0v) is 10.1. The normalized spacial score (nSPS) is 24.6. The van der Waals surface area contributed by atoms with Crippen molar-refractivity contribution < 1.29 is 23.1 Å². The van der Waals surface area contributed by atoms with Crippen molar-refractivity contribution in [3.63, 3.8) is 0 Å². The molecule has 104 valence electrons. The average molecular weight is 273 g/mol. The van der Waals surface area contributed by atoms with Gasteiger partial charge in [-0.05, 0) is 12.0 Å². The number of benzene rings is 1. The molecule has 0 unspecified atom stereocenters. The lowest BCUT2D eigenvalue weighted by atomic mass is 10.1. The van der Waals surface area contributed by atoms with Crippen molar-refractivity contribution in [2.24, 2.45) is 5.92 Å². The maximum absolute atomic E-state index is 12.7. The predicted molar refractivity (Wildman–Crippen MR) is 62.4 cm³/mol. The van der Waals surface area contributed by atoms with E-state index in [0.29, 0.717) is 0 Å². The highest BCUT2D eigenvalue weighted by Crippen LogP contribution is 2.37. The van der Waals surface area contributed by atoms with Gasteiger partial charge in [0.25, 0.3) is 0 Å². The number of aliphatic carboxylic acids is 1. The molecule has 0 aromatic heterocycles. The number of carboxylic acids is 1. The molecule has 19 heavy (non-hydrogen) atoms. The second-order valence-corrected chi connectivity index (χ2v) is 4.74. The number of hydrogen-bond donors (Lipinski definition) is 1. The van der Waals surface area contributed by atoms with Crippen molar-refractivity contribution >= 4 is 5.97 Å². The van der Waals surface area contributed by atoms with E-state index in [1.165, 1.54) is 4.90 Å². The molecule has 0 amide bonds. The Labute approximate surface area is 108 Å². The van der Waals surface area contributed by atoms with Crippen LogP contribution in [0.5, 0.6) is 0 Å². The summed E-state index contributed by atoms with van der Waals surface area (Å²) >= 11 is 0. The first-order valence-corrected chi connectivity index (χ1v) is 5.95. The average Bonchev–Trinajstić information content (AvgIpc) is 2.74. The minimum Gasteiger partial charge on any atom is -0.480 e. The first-order chi connectivity index (χ1) is 8.88. The van der Waals surface area contributed by atoms with Crippen LogP contribution in [0.2, 0.25) is 0 Å². The van der Waals surface area contributed by atoms with Gasteiger partial charge in [-0.1, -0.05) is 30.3 Å². The van der Waals surface area contributed by atoms with E-state index in [0.717, 1.165) is 5.56 Å². The maximum atomic E-state index is 12.7. The summed E-state index contributed by atoms with van der Waals surface area (Å²) in [4.78, 5) is 12.5. The van der Waals surface area contributed by atoms with Gasteiger partial charge in [0.05, 0.1) is 5.92 Å². The van der Waals surface area contributed by atoms with Gasteiger partial charge in [-0.3, -0.25) is 9.69 Å². The molecule has 3 nitrogen and oxygen atoms in total. The molecule has 1 aromatic rings. The Morgan fingerprint density at radius 1 is 1.32 bits per heavy atom. The molecule has 1 aliphatic rings. The summed E-state index contributed by atoms with van der Waals surface area (Å²) in [6.07, 6.45) is -4.70. The Balaban J connectivity index is 2.12. The Hall–Kier alpha value is -1.56. The van der Waals surface area contributed by atoms with Gasteiger partial charge < -0.3 is 5.11 Å². The van der Waals surface area contributed by atoms with Crippen LogP contribution >= 0.6 is 0 Å². The number of carboxylic acid groups (broad SMARTS) is 1. The van der Waals surface area contributed by atoms with E-state index in [4.69, 9.17) is 5.11 Å². The smallest absolute Gasteiger partial charge is 0.393 e. The van der Waals surface area contributed by atoms with E-state index in [2.05, 4.69) is 0 Å². The lowest BCUT2D eigenvalue weighted by molar-refractivity contribution is -0.170. The molecule has 0 radical (unpaired) electrons. The second-order valence-electron chi connectivity index (χ2n) is 4.74. The molecule has 0 bridgehead atoms. The SMILES string of the molecule is O=C(O)[C@@H]1C[C@@H](C(F)(F)F)CN1Cc1ccccc1. The van der Waals surface area contributed by atoms with Crippen LogP contribution in [0.1, 0.15) is 12.0 Å². The summed E-state index contributed by atoms with van der Waals surface area (Å²) in [6, 6.07) is 7.86. The third-order valence-corrected chi connectivity index (χ3v) is 3.38. The van der Waals surface area contributed by atoms with Gasteiger partial charge in [-0.25, -0.2) is 0 Å². The van der Waals surface area contributed by atoms with Crippen molar-refractivity contribution in [2.45, 2.75) is 25.2 Å². The Morgan fingerprint density at radius 2 is 1.95 bits per heavy atom. The maximum Gasteiger partial charge on any atom is 0.393 e. The summed E-state index contributed by atoms with van der Waals surface area (Å²) in [7, 11) is 0. The molecule has 2 rings (SSSR count). The van der Waals surface area contributed by atoms with Crippen LogP contribution in [0.25, 0.3) is 0 Å². The van der Waals surface area contributed by atoms with Crippen LogP contribution in [0.15, 0.2) is 30.3 Å². The van der Waals surface area contributed by atoms with Crippen LogP contribution in [-0.4, -0.2) is 34.7 Å². The molecule has 1 aromatic carbocycles. The van der Waals surface area contributed by atoms with Crippen LogP contribution in [0.4, 0.5) is 13.2 Å². The Kier molecular flexibility index (Phi) is 3.80.